The SMILES string of the molecule is O=C(O)[C@@H]1CN(C(=O)c2cc(C3CC3)on2)c2ccccc21. The van der Waals surface area contributed by atoms with Gasteiger partial charge in [0.2, 0.25) is 0 Å². The molecule has 1 aromatic heterocycles. The van der Waals surface area contributed by atoms with Gasteiger partial charge in [-0.25, -0.2) is 0 Å². The number of hydrogen-bond donors (Lipinski definition) is 1. The summed E-state index contributed by atoms with van der Waals surface area (Å²) in [5.74, 6) is -0.819. The van der Waals surface area contributed by atoms with Crippen LogP contribution in [0.5, 0.6) is 0 Å². The van der Waals surface area contributed by atoms with Crippen LogP contribution >= 0.6 is 0 Å². The van der Waals surface area contributed by atoms with E-state index in [2.05, 4.69) is 5.16 Å². The molecule has 2 aromatic rings. The second-order valence-electron chi connectivity index (χ2n) is 5.75. The molecule has 1 saturated carbocycles. The molecule has 0 radical (unpaired) electrons. The molecule has 0 saturated heterocycles. The minimum absolute atomic E-state index is 0.124. The third kappa shape index (κ3) is 1.99. The number of para-hydroxylation sites is 1. The van der Waals surface area contributed by atoms with Gasteiger partial charge in [-0.1, -0.05) is 23.4 Å². The topological polar surface area (TPSA) is 83.6 Å². The summed E-state index contributed by atoms with van der Waals surface area (Å²) in [6.07, 6.45) is 2.13. The van der Waals surface area contributed by atoms with Gasteiger partial charge < -0.3 is 14.5 Å². The second-order valence-corrected chi connectivity index (χ2v) is 5.75. The number of carboxylic acids is 1. The lowest BCUT2D eigenvalue weighted by atomic mass is 10.0. The summed E-state index contributed by atoms with van der Waals surface area (Å²) >= 11 is 0. The normalized spacial score (nSPS) is 20.0. The molecular weight excluding hydrogens is 284 g/mol. The van der Waals surface area contributed by atoms with Crippen LogP contribution in [0.4, 0.5) is 5.69 Å². The van der Waals surface area contributed by atoms with Gasteiger partial charge in [0.1, 0.15) is 11.7 Å². The Morgan fingerprint density at radius 1 is 1.27 bits per heavy atom. The fourth-order valence-corrected chi connectivity index (χ4v) is 2.90. The molecule has 2 heterocycles. The summed E-state index contributed by atoms with van der Waals surface area (Å²) in [4.78, 5) is 25.5. The lowest BCUT2D eigenvalue weighted by Crippen LogP contribution is -2.31. The molecule has 0 spiro atoms. The van der Waals surface area contributed by atoms with Gasteiger partial charge in [-0.2, -0.15) is 0 Å². The lowest BCUT2D eigenvalue weighted by molar-refractivity contribution is -0.138. The van der Waals surface area contributed by atoms with Crippen LogP contribution < -0.4 is 4.90 Å². The first-order valence-electron chi connectivity index (χ1n) is 7.25. The number of carbonyl (C=O) groups excluding carboxylic acids is 1. The minimum Gasteiger partial charge on any atom is -0.481 e. The van der Waals surface area contributed by atoms with Crippen LogP contribution in [0.25, 0.3) is 0 Å². The van der Waals surface area contributed by atoms with E-state index in [0.29, 0.717) is 17.2 Å². The van der Waals surface area contributed by atoms with Crippen molar-refractivity contribution in [1.29, 1.82) is 0 Å². The molecule has 1 atom stereocenters. The van der Waals surface area contributed by atoms with Gasteiger partial charge in [-0.05, 0) is 24.5 Å². The molecule has 1 aliphatic heterocycles. The molecule has 1 aromatic carbocycles. The van der Waals surface area contributed by atoms with Crippen LogP contribution in [0.2, 0.25) is 0 Å². The highest BCUT2D eigenvalue weighted by molar-refractivity contribution is 6.07. The molecule has 1 aliphatic carbocycles. The van der Waals surface area contributed by atoms with E-state index in [1.165, 1.54) is 4.90 Å². The standard InChI is InChI=1S/C16H14N2O4/c19-15(12-7-14(22-17-12)9-5-6-9)18-8-11(16(20)21)10-3-1-2-4-13(10)18/h1-4,7,9,11H,5-6,8H2,(H,20,21)/t11-/m1/s1. The van der Waals surface area contributed by atoms with E-state index in [4.69, 9.17) is 4.52 Å². The molecular formula is C16H14N2O4. The predicted molar refractivity (Wildman–Crippen MR) is 77.0 cm³/mol. The Labute approximate surface area is 126 Å². The quantitative estimate of drug-likeness (QED) is 0.940. The van der Waals surface area contributed by atoms with Crippen LogP contribution in [0.1, 0.15) is 46.5 Å². The van der Waals surface area contributed by atoms with E-state index in [1.54, 1.807) is 30.3 Å². The maximum Gasteiger partial charge on any atom is 0.312 e. The van der Waals surface area contributed by atoms with E-state index < -0.39 is 11.9 Å². The highest BCUT2D eigenvalue weighted by Gasteiger charge is 2.38. The third-order valence-electron chi connectivity index (χ3n) is 4.24. The Kier molecular flexibility index (Phi) is 2.79. The van der Waals surface area contributed by atoms with Gasteiger partial charge in [0.25, 0.3) is 5.91 Å². The molecule has 1 N–H and O–H groups in total. The fraction of sp³-hybridized carbons (Fsp3) is 0.312. The molecule has 6 nitrogen and oxygen atoms in total. The number of anilines is 1. The molecule has 1 fully saturated rings. The van der Waals surface area contributed by atoms with Gasteiger partial charge in [-0.3, -0.25) is 9.59 Å². The zero-order valence-corrected chi connectivity index (χ0v) is 11.7. The summed E-state index contributed by atoms with van der Waals surface area (Å²) in [6.45, 7) is 0.124. The first-order valence-corrected chi connectivity index (χ1v) is 7.25. The zero-order valence-electron chi connectivity index (χ0n) is 11.7. The van der Waals surface area contributed by atoms with Gasteiger partial charge in [0.05, 0.1) is 0 Å². The van der Waals surface area contributed by atoms with Crippen LogP contribution in [-0.2, 0) is 4.79 Å². The smallest absolute Gasteiger partial charge is 0.312 e. The molecule has 1 amide bonds. The number of aromatic nitrogens is 1. The zero-order chi connectivity index (χ0) is 15.3. The van der Waals surface area contributed by atoms with E-state index in [9.17, 15) is 14.7 Å². The third-order valence-corrected chi connectivity index (χ3v) is 4.24. The Balaban J connectivity index is 1.67. The van der Waals surface area contributed by atoms with E-state index in [1.807, 2.05) is 0 Å². The Hall–Kier alpha value is -2.63. The van der Waals surface area contributed by atoms with Crippen molar-refractivity contribution in [3.8, 4) is 0 Å². The van der Waals surface area contributed by atoms with Crippen LogP contribution in [0.3, 0.4) is 0 Å². The van der Waals surface area contributed by atoms with E-state index in [0.717, 1.165) is 18.6 Å². The molecule has 6 heteroatoms. The lowest BCUT2D eigenvalue weighted by Gasteiger charge is -2.15. The number of aliphatic carboxylic acids is 1. The Bertz CT molecular complexity index is 763. The van der Waals surface area contributed by atoms with Crippen molar-refractivity contribution in [2.75, 3.05) is 11.4 Å². The number of carboxylic acid groups (broad SMARTS) is 1. The van der Waals surface area contributed by atoms with Crippen LogP contribution in [-0.4, -0.2) is 28.7 Å². The number of hydrogen-bond acceptors (Lipinski definition) is 4. The van der Waals surface area contributed by atoms with Crippen molar-refractivity contribution in [3.63, 3.8) is 0 Å². The van der Waals surface area contributed by atoms with Crippen LogP contribution in [0, 0.1) is 0 Å². The summed E-state index contributed by atoms with van der Waals surface area (Å²) < 4.78 is 5.22. The number of amides is 1. The van der Waals surface area contributed by atoms with Gasteiger partial charge in [0.15, 0.2) is 5.69 Å². The maximum atomic E-state index is 12.6. The Morgan fingerprint density at radius 3 is 2.77 bits per heavy atom. The monoisotopic (exact) mass is 298 g/mol. The van der Waals surface area contributed by atoms with Crippen molar-refractivity contribution in [2.45, 2.75) is 24.7 Å². The van der Waals surface area contributed by atoms with Crippen LogP contribution in [0.15, 0.2) is 34.9 Å². The summed E-state index contributed by atoms with van der Waals surface area (Å²) in [5.41, 5.74) is 1.54. The number of carbonyl (C=O) groups is 2. The highest BCUT2D eigenvalue weighted by Crippen LogP contribution is 2.41. The van der Waals surface area contributed by atoms with Crippen molar-refractivity contribution in [2.24, 2.45) is 0 Å². The molecule has 22 heavy (non-hydrogen) atoms. The number of rotatable bonds is 3. The van der Waals surface area contributed by atoms with Gasteiger partial charge >= 0.3 is 5.97 Å². The number of benzene rings is 1. The molecule has 0 bridgehead atoms. The highest BCUT2D eigenvalue weighted by atomic mass is 16.5. The van der Waals surface area contributed by atoms with E-state index in [-0.39, 0.29) is 18.1 Å². The molecule has 2 aliphatic rings. The average molecular weight is 298 g/mol. The summed E-state index contributed by atoms with van der Waals surface area (Å²) in [7, 11) is 0. The number of fused-ring (bicyclic) bond motifs is 1. The Morgan fingerprint density at radius 2 is 2.05 bits per heavy atom. The average Bonchev–Trinajstić information content (AvgIpc) is 3.12. The largest absolute Gasteiger partial charge is 0.481 e. The van der Waals surface area contributed by atoms with E-state index >= 15 is 0 Å². The fourth-order valence-electron chi connectivity index (χ4n) is 2.90. The first-order chi connectivity index (χ1) is 10.6. The summed E-state index contributed by atoms with van der Waals surface area (Å²) in [6, 6.07) is 8.76. The van der Waals surface area contributed by atoms with Crippen molar-refractivity contribution in [3.05, 3.63) is 47.3 Å². The summed E-state index contributed by atoms with van der Waals surface area (Å²) in [5, 5.41) is 13.2. The van der Waals surface area contributed by atoms with Crippen molar-refractivity contribution >= 4 is 17.6 Å². The molecule has 4 rings (SSSR count). The second kappa shape index (κ2) is 4.69. The minimum atomic E-state index is -0.929. The van der Waals surface area contributed by atoms with Gasteiger partial charge in [-0.15, -0.1) is 0 Å². The van der Waals surface area contributed by atoms with Gasteiger partial charge in [0, 0.05) is 24.2 Å². The molecule has 112 valence electrons. The first kappa shape index (κ1) is 13.1. The number of nitrogens with zero attached hydrogens (tertiary/aromatic N) is 2. The molecule has 0 unspecified atom stereocenters. The van der Waals surface area contributed by atoms with Crippen molar-refractivity contribution in [1.82, 2.24) is 5.16 Å². The maximum absolute atomic E-state index is 12.6. The predicted octanol–water partition coefficient (Wildman–Crippen LogP) is 2.38. The van der Waals surface area contributed by atoms with Crippen molar-refractivity contribution < 1.29 is 19.2 Å².